The number of nitrogens with one attached hydrogen (secondary N) is 1. The number of amides is 1. The molecule has 1 aromatic rings. The first-order valence-corrected chi connectivity index (χ1v) is 6.19. The van der Waals surface area contributed by atoms with E-state index >= 15 is 0 Å². The zero-order chi connectivity index (χ0) is 12.1. The Morgan fingerprint density at radius 1 is 1.38 bits per heavy atom. The fourth-order valence-electron chi connectivity index (χ4n) is 1.58. The Hall–Kier alpha value is -1.03. The molecule has 0 fully saturated rings. The van der Waals surface area contributed by atoms with E-state index in [1.807, 2.05) is 18.2 Å². The molecule has 16 heavy (non-hydrogen) atoms. The lowest BCUT2D eigenvalue weighted by Gasteiger charge is -2.21. The van der Waals surface area contributed by atoms with Crippen LogP contribution >= 0.6 is 15.9 Å². The van der Waals surface area contributed by atoms with E-state index in [1.165, 1.54) is 6.92 Å². The van der Waals surface area contributed by atoms with E-state index in [0.717, 1.165) is 28.9 Å². The van der Waals surface area contributed by atoms with Crippen LogP contribution < -0.4 is 10.2 Å². The minimum Gasteiger partial charge on any atom is -0.372 e. The first kappa shape index (κ1) is 13.0. The van der Waals surface area contributed by atoms with Gasteiger partial charge >= 0.3 is 0 Å². The number of carbonyl (C=O) groups excluding carboxylic acids is 1. The van der Waals surface area contributed by atoms with Crippen molar-refractivity contribution in [3.63, 3.8) is 0 Å². The van der Waals surface area contributed by atoms with E-state index in [1.54, 1.807) is 0 Å². The molecular formula is C12H17BrN2O. The summed E-state index contributed by atoms with van der Waals surface area (Å²) in [7, 11) is 0. The second-order valence-electron chi connectivity index (χ2n) is 3.52. The quantitative estimate of drug-likeness (QED) is 0.921. The predicted molar refractivity (Wildman–Crippen MR) is 72.0 cm³/mol. The largest absolute Gasteiger partial charge is 0.372 e. The molecule has 0 spiro atoms. The Kier molecular flexibility index (Phi) is 4.80. The van der Waals surface area contributed by atoms with Gasteiger partial charge in [-0.05, 0) is 48.0 Å². The third-order valence-corrected chi connectivity index (χ3v) is 3.05. The Morgan fingerprint density at radius 3 is 2.44 bits per heavy atom. The standard InChI is InChI=1S/C12H17BrN2O/c1-4-15(5-2)10-6-7-12(11(13)8-10)14-9(3)16/h6-8H,4-5H2,1-3H3,(H,14,16). The summed E-state index contributed by atoms with van der Waals surface area (Å²) in [6.07, 6.45) is 0. The van der Waals surface area contributed by atoms with Gasteiger partial charge in [0.1, 0.15) is 0 Å². The van der Waals surface area contributed by atoms with Crippen molar-refractivity contribution in [2.45, 2.75) is 20.8 Å². The van der Waals surface area contributed by atoms with Gasteiger partial charge in [0.05, 0.1) is 5.69 Å². The second kappa shape index (κ2) is 5.89. The first-order chi connectivity index (χ1) is 7.58. The Labute approximate surface area is 105 Å². The number of hydrogen-bond donors (Lipinski definition) is 1. The van der Waals surface area contributed by atoms with Crippen LogP contribution in [0.5, 0.6) is 0 Å². The van der Waals surface area contributed by atoms with Crippen molar-refractivity contribution >= 4 is 33.2 Å². The lowest BCUT2D eigenvalue weighted by molar-refractivity contribution is -0.114. The molecule has 88 valence electrons. The fourth-order valence-corrected chi connectivity index (χ4v) is 2.05. The maximum Gasteiger partial charge on any atom is 0.221 e. The number of carbonyl (C=O) groups is 1. The van der Waals surface area contributed by atoms with E-state index in [2.05, 4.69) is 40.0 Å². The van der Waals surface area contributed by atoms with Crippen molar-refractivity contribution < 1.29 is 4.79 Å². The van der Waals surface area contributed by atoms with Crippen LogP contribution in [-0.4, -0.2) is 19.0 Å². The molecule has 0 heterocycles. The van der Waals surface area contributed by atoms with Gasteiger partial charge in [0.2, 0.25) is 5.91 Å². The molecular weight excluding hydrogens is 268 g/mol. The maximum atomic E-state index is 11.0. The van der Waals surface area contributed by atoms with Crippen LogP contribution in [0.2, 0.25) is 0 Å². The average molecular weight is 285 g/mol. The summed E-state index contributed by atoms with van der Waals surface area (Å²) in [6, 6.07) is 5.96. The second-order valence-corrected chi connectivity index (χ2v) is 4.37. The van der Waals surface area contributed by atoms with Gasteiger partial charge in [-0.15, -0.1) is 0 Å². The fraction of sp³-hybridized carbons (Fsp3) is 0.417. The highest BCUT2D eigenvalue weighted by atomic mass is 79.9. The molecule has 0 bridgehead atoms. The molecule has 3 nitrogen and oxygen atoms in total. The van der Waals surface area contributed by atoms with Crippen LogP contribution in [0.15, 0.2) is 22.7 Å². The lowest BCUT2D eigenvalue weighted by atomic mass is 10.2. The number of nitrogens with zero attached hydrogens (tertiary/aromatic N) is 1. The van der Waals surface area contributed by atoms with Gasteiger partial charge in [-0.1, -0.05) is 0 Å². The van der Waals surface area contributed by atoms with E-state index in [0.29, 0.717) is 0 Å². The van der Waals surface area contributed by atoms with Crippen molar-refractivity contribution in [2.24, 2.45) is 0 Å². The summed E-state index contributed by atoms with van der Waals surface area (Å²) in [6.45, 7) is 7.70. The van der Waals surface area contributed by atoms with Crippen LogP contribution in [0.4, 0.5) is 11.4 Å². The Morgan fingerprint density at radius 2 is 2.00 bits per heavy atom. The van der Waals surface area contributed by atoms with Gasteiger partial charge in [-0.25, -0.2) is 0 Å². The number of halogens is 1. The van der Waals surface area contributed by atoms with E-state index in [9.17, 15) is 4.79 Å². The summed E-state index contributed by atoms with van der Waals surface area (Å²) in [4.78, 5) is 13.2. The van der Waals surface area contributed by atoms with E-state index in [4.69, 9.17) is 0 Å². The number of rotatable bonds is 4. The summed E-state index contributed by atoms with van der Waals surface area (Å²) < 4.78 is 0.909. The molecule has 1 rings (SSSR count). The molecule has 0 radical (unpaired) electrons. The summed E-state index contributed by atoms with van der Waals surface area (Å²) in [5, 5.41) is 2.77. The SMILES string of the molecule is CCN(CC)c1ccc(NC(C)=O)c(Br)c1. The Bertz CT molecular complexity index is 375. The third-order valence-electron chi connectivity index (χ3n) is 2.39. The zero-order valence-electron chi connectivity index (χ0n) is 9.88. The minimum absolute atomic E-state index is 0.0590. The van der Waals surface area contributed by atoms with Gasteiger partial charge in [-0.2, -0.15) is 0 Å². The summed E-state index contributed by atoms with van der Waals surface area (Å²) >= 11 is 3.46. The highest BCUT2D eigenvalue weighted by molar-refractivity contribution is 9.10. The summed E-state index contributed by atoms with van der Waals surface area (Å²) in [5.41, 5.74) is 1.97. The van der Waals surface area contributed by atoms with Gasteiger partial charge in [0.25, 0.3) is 0 Å². The number of benzene rings is 1. The zero-order valence-corrected chi connectivity index (χ0v) is 11.5. The maximum absolute atomic E-state index is 11.0. The smallest absolute Gasteiger partial charge is 0.221 e. The van der Waals surface area contributed by atoms with Crippen molar-refractivity contribution in [1.82, 2.24) is 0 Å². The van der Waals surface area contributed by atoms with Crippen molar-refractivity contribution in [3.05, 3.63) is 22.7 Å². The van der Waals surface area contributed by atoms with Gasteiger partial charge in [-0.3, -0.25) is 4.79 Å². The molecule has 0 aliphatic carbocycles. The molecule has 1 amide bonds. The minimum atomic E-state index is -0.0590. The van der Waals surface area contributed by atoms with E-state index < -0.39 is 0 Å². The summed E-state index contributed by atoms with van der Waals surface area (Å²) in [5.74, 6) is -0.0590. The monoisotopic (exact) mass is 284 g/mol. The number of anilines is 2. The van der Waals surface area contributed by atoms with Crippen LogP contribution in [-0.2, 0) is 4.79 Å². The molecule has 0 saturated heterocycles. The molecule has 1 aromatic carbocycles. The van der Waals surface area contributed by atoms with Gasteiger partial charge in [0, 0.05) is 30.2 Å². The lowest BCUT2D eigenvalue weighted by Crippen LogP contribution is -2.21. The Balaban J connectivity index is 2.93. The molecule has 0 unspecified atom stereocenters. The normalized spacial score (nSPS) is 10.0. The highest BCUT2D eigenvalue weighted by Crippen LogP contribution is 2.27. The van der Waals surface area contributed by atoms with Crippen LogP contribution in [0.25, 0.3) is 0 Å². The van der Waals surface area contributed by atoms with Crippen molar-refractivity contribution in [2.75, 3.05) is 23.3 Å². The average Bonchev–Trinajstić information content (AvgIpc) is 2.23. The third kappa shape index (κ3) is 3.23. The molecule has 1 N–H and O–H groups in total. The molecule has 0 aliphatic heterocycles. The molecule has 4 heteroatoms. The van der Waals surface area contributed by atoms with Crippen molar-refractivity contribution in [3.8, 4) is 0 Å². The first-order valence-electron chi connectivity index (χ1n) is 5.40. The molecule has 0 aliphatic rings. The van der Waals surface area contributed by atoms with Crippen LogP contribution in [0.1, 0.15) is 20.8 Å². The van der Waals surface area contributed by atoms with E-state index in [-0.39, 0.29) is 5.91 Å². The van der Waals surface area contributed by atoms with Gasteiger partial charge in [0.15, 0.2) is 0 Å². The van der Waals surface area contributed by atoms with Crippen LogP contribution in [0, 0.1) is 0 Å². The molecule has 0 atom stereocenters. The number of hydrogen-bond acceptors (Lipinski definition) is 2. The van der Waals surface area contributed by atoms with Crippen molar-refractivity contribution in [1.29, 1.82) is 0 Å². The topological polar surface area (TPSA) is 32.3 Å². The van der Waals surface area contributed by atoms with Crippen LogP contribution in [0.3, 0.4) is 0 Å². The van der Waals surface area contributed by atoms with Gasteiger partial charge < -0.3 is 10.2 Å². The highest BCUT2D eigenvalue weighted by Gasteiger charge is 2.06. The predicted octanol–water partition coefficient (Wildman–Crippen LogP) is 3.25. The molecule has 0 aromatic heterocycles. The molecule has 0 saturated carbocycles.